The van der Waals surface area contributed by atoms with Crippen molar-refractivity contribution < 1.29 is 28.2 Å². The van der Waals surface area contributed by atoms with Crippen LogP contribution < -0.4 is 5.56 Å². The van der Waals surface area contributed by atoms with E-state index in [1.807, 2.05) is 12.1 Å². The Balaban J connectivity index is 0.782. The summed E-state index contributed by atoms with van der Waals surface area (Å²) < 4.78 is 27.3. The molecule has 1 N–H and O–H groups in total. The highest BCUT2D eigenvalue weighted by atomic mass is 19.1. The lowest BCUT2D eigenvalue weighted by Gasteiger charge is -2.60. The van der Waals surface area contributed by atoms with E-state index in [4.69, 9.17) is 9.47 Å². The minimum atomic E-state index is -0.605. The number of benzene rings is 2. The molecule has 0 bridgehead atoms. The number of hydrogen-bond acceptors (Lipinski definition) is 7. The molecule has 2 aromatic carbocycles. The molecule has 2 amide bonds. The number of hydrogen-bond donors (Lipinski definition) is 1. The molecule has 5 aliphatic rings. The number of H-pyrrole nitrogens is 1. The van der Waals surface area contributed by atoms with Crippen LogP contribution in [0.15, 0.2) is 47.3 Å². The van der Waals surface area contributed by atoms with Crippen LogP contribution in [0.3, 0.4) is 0 Å². The van der Waals surface area contributed by atoms with Gasteiger partial charge in [-0.2, -0.15) is 5.10 Å². The summed E-state index contributed by atoms with van der Waals surface area (Å²) in [7, 11) is 0. The summed E-state index contributed by atoms with van der Waals surface area (Å²) in [5, 5.41) is 7.97. The SMILES string of the molecule is C[C@@]12CCC(=O)C[C@H]1CC[C@H]1[C@H]2CC[C@]2(C)[C@@H]1CC[C@H]2OCCOCC(=O)N1CCN(C(=O)c2cc(Cc3n[nH]c(=O)c4ccccc34)ccc2F)CC1. The number of halogens is 1. The fraction of sp³-hybridized carbons (Fsp3) is 0.605. The van der Waals surface area contributed by atoms with E-state index in [9.17, 15) is 23.6 Å². The van der Waals surface area contributed by atoms with E-state index in [-0.39, 0.29) is 35.2 Å². The molecule has 4 aliphatic carbocycles. The Morgan fingerprint density at radius 3 is 2.46 bits per heavy atom. The quantitative estimate of drug-likeness (QED) is 0.269. The highest BCUT2D eigenvalue weighted by Gasteiger charge is 2.60. The minimum absolute atomic E-state index is 0.0246. The first-order chi connectivity index (χ1) is 26.0. The molecule has 288 valence electrons. The Hall–Kier alpha value is -3.96. The van der Waals surface area contributed by atoms with Gasteiger partial charge in [-0.05, 0) is 103 Å². The van der Waals surface area contributed by atoms with Crippen LogP contribution in [0, 0.1) is 40.3 Å². The summed E-state index contributed by atoms with van der Waals surface area (Å²) in [6.45, 7) is 6.98. The van der Waals surface area contributed by atoms with Gasteiger partial charge >= 0.3 is 0 Å². The molecule has 2 heterocycles. The number of nitrogens with zero attached hydrogens (tertiary/aromatic N) is 3. The standard InChI is InChI=1S/C43H53FN4O6/c1-42-15-13-29(49)25-28(42)8-9-32-34-10-12-38(43(34,2)16-14-35(32)42)54-22-21-53-26-39(50)47-17-19-48(20-18-47)41(52)33-23-27(7-11-36(33)44)24-37-30-5-3-4-6-31(30)40(51)46-45-37/h3-7,11,23,28,32,34-35,38H,8-10,12-22,24-26H2,1-2H3,(H,46,51)/t28-,32-,34-,35-,38-,42-,43-/m1/s1. The first-order valence-corrected chi connectivity index (χ1v) is 20.1. The third-order valence-corrected chi connectivity index (χ3v) is 14.5. The van der Waals surface area contributed by atoms with Crippen molar-refractivity contribution in [2.75, 3.05) is 46.0 Å². The van der Waals surface area contributed by atoms with E-state index in [1.54, 1.807) is 34.1 Å². The highest BCUT2D eigenvalue weighted by molar-refractivity contribution is 5.95. The summed E-state index contributed by atoms with van der Waals surface area (Å²) in [4.78, 5) is 54.2. The van der Waals surface area contributed by atoms with Crippen LogP contribution in [0.5, 0.6) is 0 Å². The molecule has 5 fully saturated rings. The van der Waals surface area contributed by atoms with Gasteiger partial charge in [0, 0.05) is 50.8 Å². The summed E-state index contributed by atoms with van der Waals surface area (Å²) >= 11 is 0. The lowest BCUT2D eigenvalue weighted by molar-refractivity contribution is -0.147. The van der Waals surface area contributed by atoms with E-state index < -0.39 is 11.7 Å². The van der Waals surface area contributed by atoms with Crippen LogP contribution in [-0.4, -0.2) is 89.7 Å². The monoisotopic (exact) mass is 740 g/mol. The van der Waals surface area contributed by atoms with Crippen molar-refractivity contribution >= 4 is 28.4 Å². The number of aromatic nitrogens is 2. The molecule has 54 heavy (non-hydrogen) atoms. The van der Waals surface area contributed by atoms with Gasteiger partial charge < -0.3 is 19.3 Å². The Labute approximate surface area is 316 Å². The lowest BCUT2D eigenvalue weighted by Crippen LogP contribution is -2.54. The number of ketones is 1. The molecular formula is C43H53FN4O6. The summed E-state index contributed by atoms with van der Waals surface area (Å²) in [6.07, 6.45) is 10.3. The molecule has 10 nitrogen and oxygen atoms in total. The van der Waals surface area contributed by atoms with Crippen LogP contribution in [0.2, 0.25) is 0 Å². The van der Waals surface area contributed by atoms with Gasteiger partial charge in [0.1, 0.15) is 18.2 Å². The third-order valence-electron chi connectivity index (χ3n) is 14.5. The molecular weight excluding hydrogens is 687 g/mol. The fourth-order valence-corrected chi connectivity index (χ4v) is 11.4. The number of nitrogens with one attached hydrogen (secondary N) is 1. The van der Waals surface area contributed by atoms with Crippen molar-refractivity contribution in [1.29, 1.82) is 0 Å². The van der Waals surface area contributed by atoms with Crippen molar-refractivity contribution in [1.82, 2.24) is 20.0 Å². The summed E-state index contributed by atoms with van der Waals surface area (Å²) in [5.41, 5.74) is 1.51. The Kier molecular flexibility index (Phi) is 10.2. The second kappa shape index (κ2) is 14.9. The molecule has 0 spiro atoms. The molecule has 4 saturated carbocycles. The van der Waals surface area contributed by atoms with E-state index in [1.165, 1.54) is 38.2 Å². The van der Waals surface area contributed by atoms with Crippen LogP contribution in [0.1, 0.15) is 93.3 Å². The minimum Gasteiger partial charge on any atom is -0.375 e. The zero-order valence-electron chi connectivity index (χ0n) is 31.6. The molecule has 7 atom stereocenters. The van der Waals surface area contributed by atoms with Gasteiger partial charge in [-0.15, -0.1) is 0 Å². The summed E-state index contributed by atoms with van der Waals surface area (Å²) in [5.74, 6) is 2.01. The topological polar surface area (TPSA) is 122 Å². The van der Waals surface area contributed by atoms with Crippen LogP contribution in [-0.2, 0) is 25.5 Å². The van der Waals surface area contributed by atoms with Crippen LogP contribution in [0.4, 0.5) is 4.39 Å². The number of ether oxygens (including phenoxy) is 2. The largest absolute Gasteiger partial charge is 0.375 e. The van der Waals surface area contributed by atoms with Crippen LogP contribution >= 0.6 is 0 Å². The average Bonchev–Trinajstić information content (AvgIpc) is 3.52. The van der Waals surface area contributed by atoms with Crippen LogP contribution in [0.25, 0.3) is 10.8 Å². The molecule has 11 heteroatoms. The van der Waals surface area contributed by atoms with Gasteiger partial charge in [0.15, 0.2) is 0 Å². The van der Waals surface area contributed by atoms with Crippen molar-refractivity contribution in [3.05, 3.63) is 75.5 Å². The van der Waals surface area contributed by atoms with Crippen molar-refractivity contribution in [2.45, 2.75) is 84.2 Å². The smallest absolute Gasteiger partial charge is 0.272 e. The normalized spacial score (nSPS) is 30.9. The Bertz CT molecular complexity index is 1980. The van der Waals surface area contributed by atoms with Gasteiger partial charge in [-0.3, -0.25) is 19.2 Å². The van der Waals surface area contributed by atoms with E-state index in [0.29, 0.717) is 90.9 Å². The molecule has 8 rings (SSSR count). The maximum atomic E-state index is 15.0. The third kappa shape index (κ3) is 6.80. The average molecular weight is 741 g/mol. The maximum absolute atomic E-state index is 15.0. The molecule has 1 aliphatic heterocycles. The predicted molar refractivity (Wildman–Crippen MR) is 201 cm³/mol. The number of Topliss-reactive ketones (excluding diaryl/α,β-unsaturated/α-hetero) is 1. The van der Waals surface area contributed by atoms with Gasteiger partial charge in [0.05, 0.1) is 36.0 Å². The Morgan fingerprint density at radius 1 is 0.889 bits per heavy atom. The van der Waals surface area contributed by atoms with Crippen molar-refractivity contribution in [3.8, 4) is 0 Å². The van der Waals surface area contributed by atoms with Gasteiger partial charge in [0.25, 0.3) is 11.5 Å². The summed E-state index contributed by atoms with van der Waals surface area (Å²) in [6, 6.07) is 11.6. The number of rotatable bonds is 9. The number of aromatic amines is 1. The number of amides is 2. The lowest BCUT2D eigenvalue weighted by atomic mass is 9.45. The molecule has 0 radical (unpaired) electrons. The van der Waals surface area contributed by atoms with E-state index in [0.717, 1.165) is 37.5 Å². The van der Waals surface area contributed by atoms with Gasteiger partial charge in [-0.25, -0.2) is 9.49 Å². The zero-order valence-corrected chi connectivity index (χ0v) is 31.6. The molecule has 1 saturated heterocycles. The van der Waals surface area contributed by atoms with E-state index >= 15 is 0 Å². The van der Waals surface area contributed by atoms with Crippen molar-refractivity contribution in [3.63, 3.8) is 0 Å². The molecule has 3 aromatic rings. The van der Waals surface area contributed by atoms with E-state index in [2.05, 4.69) is 24.0 Å². The maximum Gasteiger partial charge on any atom is 0.272 e. The number of carbonyl (C=O) groups is 3. The van der Waals surface area contributed by atoms with Gasteiger partial charge in [-0.1, -0.05) is 38.1 Å². The fourth-order valence-electron chi connectivity index (χ4n) is 11.4. The molecule has 0 unspecified atom stereocenters. The molecule has 1 aromatic heterocycles. The van der Waals surface area contributed by atoms with Gasteiger partial charge in [0.2, 0.25) is 5.91 Å². The first-order valence-electron chi connectivity index (χ1n) is 20.1. The number of piperazine rings is 1. The number of carbonyl (C=O) groups excluding carboxylic acids is 3. The zero-order chi connectivity index (χ0) is 37.6. The first kappa shape index (κ1) is 37.0. The van der Waals surface area contributed by atoms with Crippen molar-refractivity contribution in [2.24, 2.45) is 34.5 Å². The second-order valence-electron chi connectivity index (χ2n) is 17.1. The Morgan fingerprint density at radius 2 is 1.65 bits per heavy atom. The highest BCUT2D eigenvalue weighted by Crippen LogP contribution is 2.66. The number of fused-ring (bicyclic) bond motifs is 6. The predicted octanol–water partition coefficient (Wildman–Crippen LogP) is 5.95. The second-order valence-corrected chi connectivity index (χ2v) is 17.1.